The van der Waals surface area contributed by atoms with E-state index in [1.807, 2.05) is 62.4 Å². The molecule has 7 heteroatoms. The average Bonchev–Trinajstić information content (AvgIpc) is 3.10. The number of thioether (sulfide) groups is 1. The number of benzene rings is 1. The molecule has 2 N–H and O–H groups in total. The Labute approximate surface area is 176 Å². The Balaban J connectivity index is 1.40. The molecule has 3 rings (SSSR count). The van der Waals surface area contributed by atoms with Gasteiger partial charge in [-0.25, -0.2) is 4.98 Å². The first kappa shape index (κ1) is 21.4. The minimum Gasteiger partial charge on any atom is -0.353 e. The lowest BCUT2D eigenvalue weighted by Gasteiger charge is -2.28. The van der Waals surface area contributed by atoms with Crippen LogP contribution >= 0.6 is 11.8 Å². The predicted molar refractivity (Wildman–Crippen MR) is 117 cm³/mol. The smallest absolute Gasteiger partial charge is 0.224 e. The highest BCUT2D eigenvalue weighted by atomic mass is 32.2. The van der Waals surface area contributed by atoms with Crippen molar-refractivity contribution < 1.29 is 9.59 Å². The molecule has 0 radical (unpaired) electrons. The third kappa shape index (κ3) is 6.63. The number of hydrogen-bond acceptors (Lipinski definition) is 4. The number of hydrogen-bond donors (Lipinski definition) is 2. The van der Waals surface area contributed by atoms with Crippen LogP contribution in [0.3, 0.4) is 0 Å². The Bertz CT molecular complexity index is 810. The summed E-state index contributed by atoms with van der Waals surface area (Å²) in [7, 11) is 2.02. The molecule has 6 nitrogen and oxygen atoms in total. The number of rotatable bonds is 8. The highest BCUT2D eigenvalue weighted by Crippen LogP contribution is 2.32. The van der Waals surface area contributed by atoms with Crippen LogP contribution in [0.1, 0.15) is 51.0 Å². The van der Waals surface area contributed by atoms with Crippen molar-refractivity contribution in [2.75, 3.05) is 5.32 Å². The highest BCUT2D eigenvalue weighted by molar-refractivity contribution is 7.99. The van der Waals surface area contributed by atoms with Gasteiger partial charge in [-0.1, -0.05) is 30.8 Å². The van der Waals surface area contributed by atoms with Crippen molar-refractivity contribution in [3.05, 3.63) is 42.2 Å². The van der Waals surface area contributed by atoms with Crippen molar-refractivity contribution >= 4 is 29.3 Å². The average molecular weight is 415 g/mol. The zero-order chi connectivity index (χ0) is 20.6. The molecule has 1 aliphatic rings. The molecule has 0 spiro atoms. The number of anilines is 1. The summed E-state index contributed by atoms with van der Waals surface area (Å²) in [6.07, 6.45) is 9.72. The molecule has 1 heterocycles. The number of carbonyl (C=O) groups is 2. The maximum absolute atomic E-state index is 12.4. The van der Waals surface area contributed by atoms with E-state index in [1.165, 1.54) is 0 Å². The van der Waals surface area contributed by atoms with Gasteiger partial charge in [0.05, 0.1) is 6.42 Å². The third-order valence-corrected chi connectivity index (χ3v) is 6.58. The van der Waals surface area contributed by atoms with Crippen molar-refractivity contribution in [3.63, 3.8) is 0 Å². The van der Waals surface area contributed by atoms with E-state index in [2.05, 4.69) is 20.2 Å². The van der Waals surface area contributed by atoms with Gasteiger partial charge in [0.1, 0.15) is 0 Å². The van der Waals surface area contributed by atoms with Crippen molar-refractivity contribution in [3.8, 4) is 0 Å². The molecule has 1 fully saturated rings. The number of nitrogens with one attached hydrogen (secondary N) is 2. The number of amides is 2. The molecular formula is C22H30N4O2S. The second kappa shape index (κ2) is 10.5. The van der Waals surface area contributed by atoms with Gasteiger partial charge in [-0.05, 0) is 49.8 Å². The van der Waals surface area contributed by atoms with E-state index in [0.717, 1.165) is 48.5 Å². The normalized spacial score (nSPS) is 19.0. The number of carbonyl (C=O) groups excluding carboxylic acids is 2. The van der Waals surface area contributed by atoms with Gasteiger partial charge in [0.15, 0.2) is 5.16 Å². The summed E-state index contributed by atoms with van der Waals surface area (Å²) in [6.45, 7) is 1.98. The Morgan fingerprint density at radius 1 is 1.14 bits per heavy atom. The van der Waals surface area contributed by atoms with Crippen LogP contribution in [0.25, 0.3) is 0 Å². The molecule has 0 unspecified atom stereocenters. The summed E-state index contributed by atoms with van der Waals surface area (Å²) in [5.74, 6) is 0.0858. The topological polar surface area (TPSA) is 76.0 Å². The summed E-state index contributed by atoms with van der Waals surface area (Å²) in [5, 5.41) is 7.68. The number of nitrogens with zero attached hydrogens (tertiary/aromatic N) is 2. The fourth-order valence-electron chi connectivity index (χ4n) is 3.56. The number of imidazole rings is 1. The summed E-state index contributed by atoms with van der Waals surface area (Å²) < 4.78 is 2.05. The molecular weight excluding hydrogens is 384 g/mol. The van der Waals surface area contributed by atoms with Crippen molar-refractivity contribution in [2.45, 2.75) is 68.3 Å². The van der Waals surface area contributed by atoms with Gasteiger partial charge in [0.2, 0.25) is 11.8 Å². The lowest BCUT2D eigenvalue weighted by Crippen LogP contribution is -2.38. The maximum Gasteiger partial charge on any atom is 0.224 e. The van der Waals surface area contributed by atoms with E-state index >= 15 is 0 Å². The van der Waals surface area contributed by atoms with E-state index in [9.17, 15) is 9.59 Å². The Morgan fingerprint density at radius 2 is 1.86 bits per heavy atom. The first-order valence-corrected chi connectivity index (χ1v) is 11.2. The van der Waals surface area contributed by atoms with E-state index in [4.69, 9.17) is 0 Å². The second-order valence-electron chi connectivity index (χ2n) is 7.65. The Hall–Kier alpha value is -2.28. The van der Waals surface area contributed by atoms with Crippen molar-refractivity contribution in [1.82, 2.24) is 14.9 Å². The van der Waals surface area contributed by atoms with Crippen LogP contribution in [0.5, 0.6) is 0 Å². The minimum absolute atomic E-state index is 0.0228. The molecule has 1 aromatic carbocycles. The van der Waals surface area contributed by atoms with Crippen LogP contribution in [0, 0.1) is 0 Å². The summed E-state index contributed by atoms with van der Waals surface area (Å²) in [5.41, 5.74) is 1.73. The van der Waals surface area contributed by atoms with Gasteiger partial charge in [-0.2, -0.15) is 0 Å². The van der Waals surface area contributed by atoms with E-state index in [0.29, 0.717) is 18.1 Å². The molecule has 0 aliphatic heterocycles. The summed E-state index contributed by atoms with van der Waals surface area (Å²) in [6, 6.07) is 7.78. The molecule has 2 aromatic rings. The molecule has 29 heavy (non-hydrogen) atoms. The monoisotopic (exact) mass is 414 g/mol. The Morgan fingerprint density at radius 3 is 2.48 bits per heavy atom. The summed E-state index contributed by atoms with van der Waals surface area (Å²) in [4.78, 5) is 28.4. The van der Waals surface area contributed by atoms with Crippen molar-refractivity contribution in [1.29, 1.82) is 0 Å². The van der Waals surface area contributed by atoms with Crippen LogP contribution in [0.4, 0.5) is 5.69 Å². The first-order valence-electron chi connectivity index (χ1n) is 10.4. The molecule has 1 saturated carbocycles. The Kier molecular flexibility index (Phi) is 7.75. The molecule has 2 amide bonds. The lowest BCUT2D eigenvalue weighted by atomic mass is 9.95. The number of aromatic nitrogens is 2. The minimum atomic E-state index is 0.0228. The second-order valence-corrected chi connectivity index (χ2v) is 8.92. The highest BCUT2D eigenvalue weighted by Gasteiger charge is 2.24. The van der Waals surface area contributed by atoms with E-state index in [-0.39, 0.29) is 17.9 Å². The van der Waals surface area contributed by atoms with Crippen LogP contribution in [-0.2, 0) is 23.1 Å². The standard InChI is InChI=1S/C22H30N4O2S/c1-3-4-20(27)24-17-7-5-16(6-8-17)15-21(28)25-18-9-11-19(12-10-18)29-22-23-13-14-26(22)2/h5-8,13-14,18-19H,3-4,9-12,15H2,1-2H3,(H,24,27)(H,25,28). The fraction of sp³-hybridized carbons (Fsp3) is 0.500. The van der Waals surface area contributed by atoms with Crippen molar-refractivity contribution in [2.24, 2.45) is 7.05 Å². The van der Waals surface area contributed by atoms with Crippen LogP contribution in [0.2, 0.25) is 0 Å². The van der Waals surface area contributed by atoms with Gasteiger partial charge in [-0.3, -0.25) is 9.59 Å². The molecule has 0 atom stereocenters. The third-order valence-electron chi connectivity index (χ3n) is 5.17. The molecule has 0 bridgehead atoms. The van der Waals surface area contributed by atoms with Gasteiger partial charge < -0.3 is 15.2 Å². The van der Waals surface area contributed by atoms with Gasteiger partial charge >= 0.3 is 0 Å². The van der Waals surface area contributed by atoms with Gasteiger partial charge in [0.25, 0.3) is 0 Å². The van der Waals surface area contributed by atoms with Gasteiger partial charge in [-0.15, -0.1) is 0 Å². The molecule has 1 aliphatic carbocycles. The molecule has 0 saturated heterocycles. The van der Waals surface area contributed by atoms with Crippen LogP contribution in [-0.4, -0.2) is 32.7 Å². The maximum atomic E-state index is 12.4. The lowest BCUT2D eigenvalue weighted by molar-refractivity contribution is -0.121. The first-order chi connectivity index (χ1) is 14.0. The van der Waals surface area contributed by atoms with E-state index < -0.39 is 0 Å². The quantitative estimate of drug-likeness (QED) is 0.686. The van der Waals surface area contributed by atoms with Crippen LogP contribution in [0.15, 0.2) is 41.8 Å². The van der Waals surface area contributed by atoms with E-state index in [1.54, 1.807) is 0 Å². The largest absolute Gasteiger partial charge is 0.353 e. The molecule has 156 valence electrons. The predicted octanol–water partition coefficient (Wildman–Crippen LogP) is 3.92. The SMILES string of the molecule is CCCC(=O)Nc1ccc(CC(=O)NC2CCC(Sc3nccn3C)CC2)cc1. The van der Waals surface area contributed by atoms with Crippen LogP contribution < -0.4 is 10.6 Å². The fourth-order valence-corrected chi connectivity index (χ4v) is 4.72. The summed E-state index contributed by atoms with van der Waals surface area (Å²) >= 11 is 1.84. The zero-order valence-corrected chi connectivity index (χ0v) is 18.0. The molecule has 1 aromatic heterocycles. The zero-order valence-electron chi connectivity index (χ0n) is 17.2. The van der Waals surface area contributed by atoms with Gasteiger partial charge in [0, 0.05) is 42.8 Å². The number of aryl methyl sites for hydroxylation is 1.